The van der Waals surface area contributed by atoms with Crippen LogP contribution in [0, 0.1) is 0 Å². The quantitative estimate of drug-likeness (QED) is 0.0264. The van der Waals surface area contributed by atoms with E-state index >= 15 is 0 Å². The van der Waals surface area contributed by atoms with Gasteiger partial charge in [-0.2, -0.15) is 0 Å². The van der Waals surface area contributed by atoms with Crippen LogP contribution in [0.3, 0.4) is 0 Å². The molecule has 0 saturated heterocycles. The Morgan fingerprint density at radius 3 is 0.794 bits per heavy atom. The summed E-state index contributed by atoms with van der Waals surface area (Å²) in [6, 6.07) is 0. The lowest BCUT2D eigenvalue weighted by molar-refractivity contribution is -0.161. The Hall–Kier alpha value is -3.33. The minimum Gasteiger partial charge on any atom is -0.462 e. The van der Waals surface area contributed by atoms with Gasteiger partial charge in [0.25, 0.3) is 0 Å². The number of carbonyl (C=O) groups excluding carboxylic acids is 2. The summed E-state index contributed by atoms with van der Waals surface area (Å²) in [6.45, 7) is 3.58. The van der Waals surface area contributed by atoms with Crippen LogP contribution in [0.15, 0.2) is 109 Å². The summed E-state index contributed by atoms with van der Waals surface area (Å²) in [4.78, 5) is 35.5. The zero-order chi connectivity index (χ0) is 70.0. The molecule has 9 nitrogen and oxygen atoms in total. The van der Waals surface area contributed by atoms with E-state index in [0.29, 0.717) is 6.42 Å². The van der Waals surface area contributed by atoms with Gasteiger partial charge in [-0.3, -0.25) is 18.6 Å². The molecule has 0 aromatic heterocycles. The zero-order valence-corrected chi connectivity index (χ0v) is 64.4. The van der Waals surface area contributed by atoms with E-state index in [4.69, 9.17) is 24.3 Å². The lowest BCUT2D eigenvalue weighted by Gasteiger charge is -2.19. The van der Waals surface area contributed by atoms with Gasteiger partial charge < -0.3 is 20.1 Å². The Morgan fingerprint density at radius 1 is 0.309 bits per heavy atom. The summed E-state index contributed by atoms with van der Waals surface area (Å²) in [6.07, 6.45) is 114. The number of nitrogens with two attached hydrogens (primary N) is 1. The highest BCUT2D eigenvalue weighted by atomic mass is 31.2. The molecule has 97 heavy (non-hydrogen) atoms. The highest BCUT2D eigenvalue weighted by Crippen LogP contribution is 2.43. The molecule has 0 fully saturated rings. The molecule has 0 aliphatic heterocycles. The first-order valence-corrected chi connectivity index (χ1v) is 42.9. The summed E-state index contributed by atoms with van der Waals surface area (Å²) in [5.41, 5.74) is 5.42. The Morgan fingerprint density at radius 2 is 0.536 bits per heavy atom. The van der Waals surface area contributed by atoms with E-state index in [1.54, 1.807) is 0 Å². The van der Waals surface area contributed by atoms with Crippen molar-refractivity contribution < 1.29 is 37.6 Å². The van der Waals surface area contributed by atoms with Crippen LogP contribution in [0.25, 0.3) is 0 Å². The topological polar surface area (TPSA) is 134 Å². The third-order valence-corrected chi connectivity index (χ3v) is 19.1. The van der Waals surface area contributed by atoms with Gasteiger partial charge in [-0.15, -0.1) is 0 Å². The number of ether oxygens (including phenoxy) is 2. The molecule has 0 heterocycles. The van der Waals surface area contributed by atoms with E-state index in [1.165, 1.54) is 276 Å². The van der Waals surface area contributed by atoms with Crippen molar-refractivity contribution in [2.75, 3.05) is 26.4 Å². The molecule has 0 rings (SSSR count). The van der Waals surface area contributed by atoms with Crippen LogP contribution in [0.2, 0.25) is 0 Å². The van der Waals surface area contributed by atoms with Crippen molar-refractivity contribution in [1.82, 2.24) is 0 Å². The van der Waals surface area contributed by atoms with Crippen LogP contribution in [0.4, 0.5) is 0 Å². The fourth-order valence-corrected chi connectivity index (χ4v) is 12.9. The summed E-state index contributed by atoms with van der Waals surface area (Å²) in [5, 5.41) is 0. The third kappa shape index (κ3) is 81.5. The van der Waals surface area contributed by atoms with Crippen LogP contribution in [-0.2, 0) is 32.7 Å². The van der Waals surface area contributed by atoms with Crippen molar-refractivity contribution in [3.05, 3.63) is 109 Å². The number of phosphoric ester groups is 1. The number of esters is 2. The monoisotopic (exact) mass is 1370 g/mol. The molecule has 0 saturated carbocycles. The van der Waals surface area contributed by atoms with E-state index in [-0.39, 0.29) is 38.6 Å². The van der Waals surface area contributed by atoms with Gasteiger partial charge in [0.15, 0.2) is 6.10 Å². The molecule has 2 unspecified atom stereocenters. The SMILES string of the molecule is CC/C=C\C/C=C\C/C=C\C/C=C\C/C=C\CCCCCCCCCCCCCCCCCCCCCCCCCCCC(=O)OC(COC(=O)CCCCCCCCCCCCCCCCCCCCCCCC/C=C\C/C=C\C/C=C\C/C=C\CC)COP(=O)(O)OCCN. The average Bonchev–Trinajstić information content (AvgIpc) is 2.57. The summed E-state index contributed by atoms with van der Waals surface area (Å²) >= 11 is 0. The lowest BCUT2D eigenvalue weighted by atomic mass is 10.0. The van der Waals surface area contributed by atoms with Gasteiger partial charge >= 0.3 is 19.8 Å². The van der Waals surface area contributed by atoms with Crippen molar-refractivity contribution in [2.24, 2.45) is 5.73 Å². The van der Waals surface area contributed by atoms with Gasteiger partial charge in [0.05, 0.1) is 13.2 Å². The van der Waals surface area contributed by atoms with E-state index in [1.807, 2.05) is 0 Å². The predicted octanol–water partition coefficient (Wildman–Crippen LogP) is 28.0. The van der Waals surface area contributed by atoms with Crippen molar-refractivity contribution in [2.45, 2.75) is 405 Å². The molecule has 0 radical (unpaired) electrons. The number of unbranched alkanes of at least 4 members (excludes halogenated alkanes) is 47. The molecule has 0 aliphatic carbocycles. The van der Waals surface area contributed by atoms with E-state index in [9.17, 15) is 19.0 Å². The number of hydrogen-bond acceptors (Lipinski definition) is 8. The molecule has 0 bridgehead atoms. The van der Waals surface area contributed by atoms with Crippen LogP contribution < -0.4 is 5.73 Å². The molecule has 0 amide bonds. The van der Waals surface area contributed by atoms with E-state index < -0.39 is 26.5 Å². The van der Waals surface area contributed by atoms with Crippen LogP contribution in [0.5, 0.6) is 0 Å². The molecule has 3 N–H and O–H groups in total. The van der Waals surface area contributed by atoms with Crippen LogP contribution >= 0.6 is 7.82 Å². The largest absolute Gasteiger partial charge is 0.472 e. The van der Waals surface area contributed by atoms with Gasteiger partial charge in [-0.25, -0.2) is 4.57 Å². The normalized spacial score (nSPS) is 13.4. The first kappa shape index (κ1) is 93.7. The Kier molecular flexibility index (Phi) is 78.8. The van der Waals surface area contributed by atoms with Crippen LogP contribution in [0.1, 0.15) is 399 Å². The molecular formula is C87H156NO8P. The van der Waals surface area contributed by atoms with Crippen molar-refractivity contribution in [1.29, 1.82) is 0 Å². The predicted molar refractivity (Wildman–Crippen MR) is 422 cm³/mol. The van der Waals surface area contributed by atoms with Gasteiger partial charge in [0, 0.05) is 19.4 Å². The van der Waals surface area contributed by atoms with E-state index in [2.05, 4.69) is 123 Å². The van der Waals surface area contributed by atoms with Gasteiger partial charge in [-0.05, 0) is 96.3 Å². The molecule has 0 aromatic rings. The molecular weight excluding hydrogens is 1220 g/mol. The zero-order valence-electron chi connectivity index (χ0n) is 63.6. The molecule has 0 aromatic carbocycles. The van der Waals surface area contributed by atoms with Crippen molar-refractivity contribution >= 4 is 19.8 Å². The third-order valence-electron chi connectivity index (χ3n) is 18.2. The van der Waals surface area contributed by atoms with Gasteiger partial charge in [0.1, 0.15) is 6.61 Å². The van der Waals surface area contributed by atoms with E-state index in [0.717, 1.165) is 89.9 Å². The Balaban J connectivity index is 3.75. The summed E-state index contributed by atoms with van der Waals surface area (Å²) in [7, 11) is -4.40. The lowest BCUT2D eigenvalue weighted by Crippen LogP contribution is -2.29. The molecule has 562 valence electrons. The van der Waals surface area contributed by atoms with Crippen molar-refractivity contribution in [3.8, 4) is 0 Å². The number of allylic oxidation sites excluding steroid dienone is 18. The maximum atomic E-state index is 12.8. The molecule has 0 spiro atoms. The first-order valence-electron chi connectivity index (χ1n) is 41.4. The smallest absolute Gasteiger partial charge is 0.462 e. The maximum absolute atomic E-state index is 12.8. The standard InChI is InChI=1S/C87H156NO8P/c1-3-5-7-9-11-13-15-17-19-21-23-25-27-29-31-33-35-37-39-40-41-42-43-44-46-48-50-52-54-56-58-60-62-64-66-68-70-72-74-76-78-80-87(90)96-85(84-95-97(91,92)94-82-81-88)83-93-86(89)79-77-75-73-71-69-67-65-63-61-59-57-55-53-51-49-47-45-38-36-34-32-30-28-26-24-22-20-18-16-14-12-10-8-6-4-2/h5-8,11-14,17-20,23-26,29,31,85H,3-4,9-10,15-16,21-22,27-28,30,32-84,88H2,1-2H3,(H,91,92)/b7-5-,8-6-,13-11-,14-12-,19-17-,20-18-,25-23-,26-24-,31-29-. The number of hydrogen-bond donors (Lipinski definition) is 2. The fraction of sp³-hybridized carbons (Fsp3) is 0.770. The Labute approximate surface area is 600 Å². The Bertz CT molecular complexity index is 1970. The first-order chi connectivity index (χ1) is 47.8. The maximum Gasteiger partial charge on any atom is 0.472 e. The minimum absolute atomic E-state index is 0.0538. The van der Waals surface area contributed by atoms with Gasteiger partial charge in [-0.1, -0.05) is 399 Å². The summed E-state index contributed by atoms with van der Waals surface area (Å²) < 4.78 is 33.3. The number of rotatable bonds is 78. The highest BCUT2D eigenvalue weighted by Gasteiger charge is 2.26. The minimum atomic E-state index is -4.40. The molecule has 10 heteroatoms. The number of carbonyl (C=O) groups is 2. The summed E-state index contributed by atoms with van der Waals surface area (Å²) in [5.74, 6) is -0.807. The second kappa shape index (κ2) is 81.6. The molecule has 0 aliphatic rings. The highest BCUT2D eigenvalue weighted by molar-refractivity contribution is 7.47. The second-order valence-electron chi connectivity index (χ2n) is 27.6. The molecule has 2 atom stereocenters. The number of phosphoric acid groups is 1. The second-order valence-corrected chi connectivity index (χ2v) is 29.0. The average molecular weight is 1380 g/mol. The van der Waals surface area contributed by atoms with Crippen molar-refractivity contribution in [3.63, 3.8) is 0 Å². The van der Waals surface area contributed by atoms with Gasteiger partial charge in [0.2, 0.25) is 0 Å². The fourth-order valence-electron chi connectivity index (χ4n) is 12.1. The van der Waals surface area contributed by atoms with Crippen LogP contribution in [-0.4, -0.2) is 49.3 Å².